The van der Waals surface area contributed by atoms with Crippen LogP contribution < -0.4 is 4.31 Å². The first kappa shape index (κ1) is 18.3. The molecule has 0 heterocycles. The van der Waals surface area contributed by atoms with Gasteiger partial charge in [0.25, 0.3) is 10.0 Å². The predicted molar refractivity (Wildman–Crippen MR) is 101 cm³/mol. The fourth-order valence-electron chi connectivity index (χ4n) is 2.61. The summed E-state index contributed by atoms with van der Waals surface area (Å²) in [7, 11) is -3.65. The van der Waals surface area contributed by atoms with Gasteiger partial charge in [0.05, 0.1) is 17.1 Å². The fourth-order valence-corrected chi connectivity index (χ4v) is 4.06. The first-order chi connectivity index (χ1) is 11.2. The zero-order valence-corrected chi connectivity index (χ0v) is 15.6. The molecule has 24 heavy (non-hydrogen) atoms. The molecule has 0 saturated heterocycles. The van der Waals surface area contributed by atoms with Gasteiger partial charge in [-0.05, 0) is 36.1 Å². The lowest BCUT2D eigenvalue weighted by atomic mass is 9.86. The highest BCUT2D eigenvalue weighted by molar-refractivity contribution is 7.92. The summed E-state index contributed by atoms with van der Waals surface area (Å²) < 4.78 is 27.8. The zero-order valence-electron chi connectivity index (χ0n) is 14.8. The van der Waals surface area contributed by atoms with Crippen molar-refractivity contribution in [2.24, 2.45) is 0 Å². The van der Waals surface area contributed by atoms with E-state index in [1.165, 1.54) is 4.31 Å². The van der Waals surface area contributed by atoms with Gasteiger partial charge in [-0.15, -0.1) is 6.58 Å². The Labute approximate surface area is 145 Å². The third-order valence-corrected chi connectivity index (χ3v) is 5.68. The van der Waals surface area contributed by atoms with E-state index in [0.29, 0.717) is 10.6 Å². The molecule has 0 saturated carbocycles. The van der Waals surface area contributed by atoms with Gasteiger partial charge in [-0.25, -0.2) is 8.42 Å². The van der Waals surface area contributed by atoms with Crippen LogP contribution in [-0.2, 0) is 15.4 Å². The molecule has 4 heteroatoms. The Morgan fingerprint density at radius 3 is 2.17 bits per heavy atom. The first-order valence-electron chi connectivity index (χ1n) is 7.98. The lowest BCUT2D eigenvalue weighted by Crippen LogP contribution is -2.33. The minimum atomic E-state index is -3.65. The number of para-hydroxylation sites is 1. The quantitative estimate of drug-likeness (QED) is 0.740. The van der Waals surface area contributed by atoms with E-state index in [1.807, 2.05) is 43.3 Å². The minimum Gasteiger partial charge on any atom is -0.262 e. The lowest BCUT2D eigenvalue weighted by Gasteiger charge is -2.30. The summed E-state index contributed by atoms with van der Waals surface area (Å²) in [4.78, 5) is 0.290. The summed E-state index contributed by atoms with van der Waals surface area (Å²) in [6.45, 7) is 12.1. The molecule has 0 unspecified atom stereocenters. The molecule has 2 rings (SSSR count). The molecule has 0 N–H and O–H groups in total. The van der Waals surface area contributed by atoms with Crippen molar-refractivity contribution in [1.29, 1.82) is 0 Å². The van der Waals surface area contributed by atoms with Crippen molar-refractivity contribution >= 4 is 15.7 Å². The largest absolute Gasteiger partial charge is 0.264 e. The van der Waals surface area contributed by atoms with Crippen LogP contribution in [0.15, 0.2) is 66.1 Å². The van der Waals surface area contributed by atoms with Crippen molar-refractivity contribution in [3.8, 4) is 0 Å². The number of sulfonamides is 1. The number of benzene rings is 2. The summed E-state index contributed by atoms with van der Waals surface area (Å²) in [6, 6.07) is 14.6. The predicted octanol–water partition coefficient (Wildman–Crippen LogP) is 4.67. The van der Waals surface area contributed by atoms with E-state index in [0.717, 1.165) is 11.1 Å². The maximum atomic E-state index is 13.2. The number of nitrogens with zero attached hydrogens (tertiary/aromatic N) is 1. The molecule has 3 nitrogen and oxygen atoms in total. The van der Waals surface area contributed by atoms with Gasteiger partial charge in [0, 0.05) is 0 Å². The highest BCUT2D eigenvalue weighted by Gasteiger charge is 2.28. The van der Waals surface area contributed by atoms with Crippen LogP contribution >= 0.6 is 0 Å². The Morgan fingerprint density at radius 1 is 1.04 bits per heavy atom. The van der Waals surface area contributed by atoms with E-state index >= 15 is 0 Å². The van der Waals surface area contributed by atoms with Crippen LogP contribution in [0.5, 0.6) is 0 Å². The topological polar surface area (TPSA) is 37.4 Å². The van der Waals surface area contributed by atoms with E-state index in [2.05, 4.69) is 27.4 Å². The molecule has 0 atom stereocenters. The molecule has 0 radical (unpaired) electrons. The van der Waals surface area contributed by atoms with Gasteiger partial charge in [-0.1, -0.05) is 62.7 Å². The second-order valence-corrected chi connectivity index (χ2v) is 8.77. The molecule has 0 aromatic heterocycles. The van der Waals surface area contributed by atoms with Crippen molar-refractivity contribution in [2.45, 2.75) is 38.0 Å². The Kier molecular flexibility index (Phi) is 5.19. The minimum absolute atomic E-state index is 0.168. The van der Waals surface area contributed by atoms with E-state index in [-0.39, 0.29) is 12.0 Å². The Balaban J connectivity index is 2.63. The molecular weight excluding hydrogens is 318 g/mol. The Hall–Kier alpha value is -2.07. The van der Waals surface area contributed by atoms with Crippen LogP contribution in [0.25, 0.3) is 0 Å². The average molecular weight is 343 g/mol. The number of aryl methyl sites for hydroxylation is 1. The van der Waals surface area contributed by atoms with Crippen LogP contribution in [0.1, 0.15) is 31.9 Å². The van der Waals surface area contributed by atoms with Gasteiger partial charge in [-0.2, -0.15) is 0 Å². The highest BCUT2D eigenvalue weighted by Crippen LogP contribution is 2.34. The molecule has 128 valence electrons. The second-order valence-electron chi connectivity index (χ2n) is 6.91. The van der Waals surface area contributed by atoms with Gasteiger partial charge >= 0.3 is 0 Å². The summed E-state index contributed by atoms with van der Waals surface area (Å²) in [5, 5.41) is 0. The van der Waals surface area contributed by atoms with Crippen molar-refractivity contribution in [2.75, 3.05) is 10.8 Å². The van der Waals surface area contributed by atoms with Crippen LogP contribution in [0, 0.1) is 6.92 Å². The van der Waals surface area contributed by atoms with Crippen LogP contribution in [0.4, 0.5) is 5.69 Å². The lowest BCUT2D eigenvalue weighted by molar-refractivity contribution is 0.583. The molecule has 2 aromatic carbocycles. The molecule has 2 aromatic rings. The number of hydrogen-bond donors (Lipinski definition) is 0. The summed E-state index contributed by atoms with van der Waals surface area (Å²) in [5.41, 5.74) is 2.55. The van der Waals surface area contributed by atoms with Crippen molar-refractivity contribution in [3.63, 3.8) is 0 Å². The molecule has 0 aliphatic rings. The molecule has 0 spiro atoms. The van der Waals surface area contributed by atoms with Gasteiger partial charge < -0.3 is 0 Å². The van der Waals surface area contributed by atoms with E-state index in [9.17, 15) is 8.42 Å². The Bertz CT molecular complexity index is 815. The van der Waals surface area contributed by atoms with E-state index in [1.54, 1.807) is 18.2 Å². The summed E-state index contributed by atoms with van der Waals surface area (Å²) in [5.74, 6) is 0. The SMILES string of the molecule is C=CCN(c1ccccc1C(C)(C)C)S(=O)(=O)c1ccc(C)cc1. The Morgan fingerprint density at radius 2 is 1.62 bits per heavy atom. The van der Waals surface area contributed by atoms with Crippen LogP contribution in [-0.4, -0.2) is 15.0 Å². The van der Waals surface area contributed by atoms with Crippen LogP contribution in [0.2, 0.25) is 0 Å². The van der Waals surface area contributed by atoms with E-state index < -0.39 is 10.0 Å². The van der Waals surface area contributed by atoms with E-state index in [4.69, 9.17) is 0 Å². The first-order valence-corrected chi connectivity index (χ1v) is 9.42. The van der Waals surface area contributed by atoms with Gasteiger partial charge in [0.2, 0.25) is 0 Å². The molecule has 0 amide bonds. The van der Waals surface area contributed by atoms with Crippen molar-refractivity contribution in [1.82, 2.24) is 0 Å². The number of rotatable bonds is 5. The zero-order chi connectivity index (χ0) is 18.0. The smallest absolute Gasteiger partial charge is 0.262 e. The summed E-state index contributed by atoms with van der Waals surface area (Å²) in [6.07, 6.45) is 1.62. The molecule has 0 bridgehead atoms. The monoisotopic (exact) mass is 343 g/mol. The highest BCUT2D eigenvalue weighted by atomic mass is 32.2. The second kappa shape index (κ2) is 6.81. The number of anilines is 1. The summed E-state index contributed by atoms with van der Waals surface area (Å²) >= 11 is 0. The maximum absolute atomic E-state index is 13.2. The fraction of sp³-hybridized carbons (Fsp3) is 0.300. The maximum Gasteiger partial charge on any atom is 0.264 e. The average Bonchev–Trinajstić information content (AvgIpc) is 2.52. The third kappa shape index (κ3) is 3.70. The van der Waals surface area contributed by atoms with Gasteiger partial charge in [0.1, 0.15) is 0 Å². The molecular formula is C20H25NO2S. The van der Waals surface area contributed by atoms with Gasteiger partial charge in [-0.3, -0.25) is 4.31 Å². The van der Waals surface area contributed by atoms with Gasteiger partial charge in [0.15, 0.2) is 0 Å². The molecule has 0 aliphatic heterocycles. The molecule has 0 fully saturated rings. The standard InChI is InChI=1S/C20H25NO2S/c1-6-15-21(19-10-8-7-9-18(19)20(3,4)5)24(22,23)17-13-11-16(2)12-14-17/h6-14H,1,15H2,2-5H3. The third-order valence-electron chi connectivity index (χ3n) is 3.88. The van der Waals surface area contributed by atoms with Crippen molar-refractivity contribution < 1.29 is 8.42 Å². The molecule has 0 aliphatic carbocycles. The normalized spacial score (nSPS) is 12.0. The number of hydrogen-bond acceptors (Lipinski definition) is 2. The van der Waals surface area contributed by atoms with Crippen molar-refractivity contribution in [3.05, 3.63) is 72.3 Å². The van der Waals surface area contributed by atoms with Crippen LogP contribution in [0.3, 0.4) is 0 Å².